The molecule has 0 aliphatic rings. The standard InChI is InChI=1S/C27H30FN5O4/c1-5-37-24-13-18(6-8-21(24)30-15-26(34)36-4)22-14-25(32-16-31-22)29-10-11-33-17(2)12-19-23(35-3)9-7-20(28)27(19)33/h6-9,12-14,16,30H,5,10-11,15H2,1-4H3,(H,29,31,32). The number of benzene rings is 2. The van der Waals surface area contributed by atoms with Crippen LogP contribution in [0.2, 0.25) is 0 Å². The van der Waals surface area contributed by atoms with Crippen molar-refractivity contribution < 1.29 is 23.4 Å². The van der Waals surface area contributed by atoms with Crippen LogP contribution in [0.3, 0.4) is 0 Å². The number of carbonyl (C=O) groups is 1. The third-order valence-corrected chi connectivity index (χ3v) is 5.93. The first-order valence-electron chi connectivity index (χ1n) is 11.9. The normalized spacial score (nSPS) is 10.8. The average molecular weight is 508 g/mol. The fourth-order valence-electron chi connectivity index (χ4n) is 4.16. The molecule has 0 atom stereocenters. The average Bonchev–Trinajstić information content (AvgIpc) is 3.25. The number of nitrogens with one attached hydrogen (secondary N) is 2. The Balaban J connectivity index is 1.49. The van der Waals surface area contributed by atoms with Gasteiger partial charge >= 0.3 is 5.97 Å². The Morgan fingerprint density at radius 3 is 2.65 bits per heavy atom. The summed E-state index contributed by atoms with van der Waals surface area (Å²) in [6.45, 7) is 5.39. The lowest BCUT2D eigenvalue weighted by Gasteiger charge is -2.14. The van der Waals surface area contributed by atoms with E-state index in [1.165, 1.54) is 19.5 Å². The summed E-state index contributed by atoms with van der Waals surface area (Å²) in [7, 11) is 2.92. The van der Waals surface area contributed by atoms with Crippen LogP contribution in [0.1, 0.15) is 12.6 Å². The zero-order chi connectivity index (χ0) is 26.4. The molecular weight excluding hydrogens is 477 g/mol. The van der Waals surface area contributed by atoms with Gasteiger partial charge in [-0.15, -0.1) is 0 Å². The Morgan fingerprint density at radius 1 is 1.05 bits per heavy atom. The zero-order valence-corrected chi connectivity index (χ0v) is 21.3. The van der Waals surface area contributed by atoms with Crippen LogP contribution in [-0.4, -0.2) is 54.4 Å². The van der Waals surface area contributed by atoms with Crippen molar-refractivity contribution in [1.29, 1.82) is 0 Å². The van der Waals surface area contributed by atoms with E-state index >= 15 is 0 Å². The molecule has 2 aromatic heterocycles. The maximum absolute atomic E-state index is 14.6. The lowest BCUT2D eigenvalue weighted by molar-refractivity contribution is -0.138. The number of esters is 1. The molecule has 194 valence electrons. The van der Waals surface area contributed by atoms with Crippen LogP contribution in [0.4, 0.5) is 15.9 Å². The molecule has 0 aliphatic carbocycles. The van der Waals surface area contributed by atoms with Crippen molar-refractivity contribution in [1.82, 2.24) is 14.5 Å². The fraction of sp³-hybridized carbons (Fsp3) is 0.296. The van der Waals surface area contributed by atoms with Crippen molar-refractivity contribution in [3.05, 3.63) is 60.3 Å². The van der Waals surface area contributed by atoms with Gasteiger partial charge in [-0.05, 0) is 44.2 Å². The van der Waals surface area contributed by atoms with Crippen LogP contribution >= 0.6 is 0 Å². The Kier molecular flexibility index (Phi) is 8.07. The SMILES string of the molecule is CCOc1cc(-c2cc(NCCn3c(C)cc4c(OC)ccc(F)c43)ncn2)ccc1NCC(=O)OC. The highest BCUT2D eigenvalue weighted by Crippen LogP contribution is 2.32. The second-order valence-corrected chi connectivity index (χ2v) is 8.24. The first kappa shape index (κ1) is 25.7. The third-order valence-electron chi connectivity index (χ3n) is 5.93. The predicted molar refractivity (Wildman–Crippen MR) is 141 cm³/mol. The number of fused-ring (bicyclic) bond motifs is 1. The van der Waals surface area contributed by atoms with Crippen molar-refractivity contribution in [3.8, 4) is 22.8 Å². The van der Waals surface area contributed by atoms with Crippen molar-refractivity contribution in [2.75, 3.05) is 44.5 Å². The van der Waals surface area contributed by atoms with Gasteiger partial charge in [0, 0.05) is 35.8 Å². The van der Waals surface area contributed by atoms with Gasteiger partial charge < -0.3 is 29.4 Å². The number of halogens is 1. The Bertz CT molecular complexity index is 1410. The molecular formula is C27H30FN5O4. The lowest BCUT2D eigenvalue weighted by atomic mass is 10.1. The van der Waals surface area contributed by atoms with Crippen molar-refractivity contribution >= 4 is 28.4 Å². The smallest absolute Gasteiger partial charge is 0.325 e. The van der Waals surface area contributed by atoms with Gasteiger partial charge in [-0.1, -0.05) is 6.07 Å². The van der Waals surface area contributed by atoms with Gasteiger partial charge in [-0.25, -0.2) is 14.4 Å². The van der Waals surface area contributed by atoms with E-state index in [4.69, 9.17) is 9.47 Å². The van der Waals surface area contributed by atoms with Crippen LogP contribution < -0.4 is 20.1 Å². The molecule has 4 aromatic rings. The fourth-order valence-corrected chi connectivity index (χ4v) is 4.16. The first-order chi connectivity index (χ1) is 17.9. The van der Waals surface area contributed by atoms with Crippen LogP contribution in [0.15, 0.2) is 48.8 Å². The lowest BCUT2D eigenvalue weighted by Crippen LogP contribution is -2.15. The number of methoxy groups -OCH3 is 2. The van der Waals surface area contributed by atoms with Crippen LogP contribution in [0.25, 0.3) is 22.2 Å². The van der Waals surface area contributed by atoms with Crippen molar-refractivity contribution in [2.24, 2.45) is 0 Å². The molecule has 0 radical (unpaired) electrons. The van der Waals surface area contributed by atoms with Gasteiger partial charge in [0.25, 0.3) is 0 Å². The maximum Gasteiger partial charge on any atom is 0.325 e. The van der Waals surface area contributed by atoms with Crippen molar-refractivity contribution in [3.63, 3.8) is 0 Å². The molecule has 0 amide bonds. The summed E-state index contributed by atoms with van der Waals surface area (Å²) in [4.78, 5) is 20.2. The molecule has 2 heterocycles. The van der Waals surface area contributed by atoms with E-state index < -0.39 is 0 Å². The van der Waals surface area contributed by atoms with Crippen LogP contribution in [0.5, 0.6) is 11.5 Å². The highest BCUT2D eigenvalue weighted by atomic mass is 19.1. The molecule has 0 fully saturated rings. The molecule has 37 heavy (non-hydrogen) atoms. The number of aryl methyl sites for hydroxylation is 1. The molecule has 0 saturated heterocycles. The molecule has 0 spiro atoms. The summed E-state index contributed by atoms with van der Waals surface area (Å²) in [6.07, 6.45) is 1.49. The van der Waals surface area contributed by atoms with Gasteiger partial charge in [-0.2, -0.15) is 0 Å². The van der Waals surface area contributed by atoms with Gasteiger partial charge in [0.1, 0.15) is 36.0 Å². The predicted octanol–water partition coefficient (Wildman–Crippen LogP) is 4.65. The molecule has 0 bridgehead atoms. The summed E-state index contributed by atoms with van der Waals surface area (Å²) in [6, 6.07) is 12.4. The summed E-state index contributed by atoms with van der Waals surface area (Å²) >= 11 is 0. The number of ether oxygens (including phenoxy) is 3. The number of aromatic nitrogens is 3. The van der Waals surface area contributed by atoms with Crippen molar-refractivity contribution in [2.45, 2.75) is 20.4 Å². The van der Waals surface area contributed by atoms with E-state index in [1.54, 1.807) is 13.2 Å². The van der Waals surface area contributed by atoms with Gasteiger partial charge in [-0.3, -0.25) is 4.79 Å². The summed E-state index contributed by atoms with van der Waals surface area (Å²) in [5, 5.41) is 7.08. The summed E-state index contributed by atoms with van der Waals surface area (Å²) < 4.78 is 32.4. The number of anilines is 2. The van der Waals surface area contributed by atoms with Crippen LogP contribution in [-0.2, 0) is 16.1 Å². The van der Waals surface area contributed by atoms with Gasteiger partial charge in [0.2, 0.25) is 0 Å². The van der Waals surface area contributed by atoms with E-state index in [0.29, 0.717) is 53.9 Å². The molecule has 2 N–H and O–H groups in total. The number of carbonyl (C=O) groups excluding carboxylic acids is 1. The zero-order valence-electron chi connectivity index (χ0n) is 21.3. The van der Waals surface area contributed by atoms with E-state index in [0.717, 1.165) is 16.6 Å². The Morgan fingerprint density at radius 2 is 1.89 bits per heavy atom. The second kappa shape index (κ2) is 11.6. The molecule has 0 saturated carbocycles. The topological polar surface area (TPSA) is 99.5 Å². The molecule has 2 aromatic carbocycles. The molecule has 0 aliphatic heterocycles. The molecule has 9 nitrogen and oxygen atoms in total. The molecule has 10 heteroatoms. The largest absolute Gasteiger partial charge is 0.496 e. The van der Waals surface area contributed by atoms with Gasteiger partial charge in [0.15, 0.2) is 0 Å². The summed E-state index contributed by atoms with van der Waals surface area (Å²) in [5.41, 5.74) is 3.68. The number of nitrogens with zero attached hydrogens (tertiary/aromatic N) is 3. The Hall–Kier alpha value is -4.34. The molecule has 0 unspecified atom stereocenters. The van der Waals surface area contributed by atoms with E-state index in [-0.39, 0.29) is 18.3 Å². The highest BCUT2D eigenvalue weighted by Gasteiger charge is 2.14. The van der Waals surface area contributed by atoms with Crippen LogP contribution in [0, 0.1) is 12.7 Å². The van der Waals surface area contributed by atoms with Gasteiger partial charge in [0.05, 0.1) is 37.7 Å². The summed E-state index contributed by atoms with van der Waals surface area (Å²) in [5.74, 6) is 1.22. The third kappa shape index (κ3) is 5.74. The minimum absolute atomic E-state index is 0.0321. The first-order valence-corrected chi connectivity index (χ1v) is 11.9. The number of rotatable bonds is 11. The molecule has 4 rings (SSSR count). The second-order valence-electron chi connectivity index (χ2n) is 8.24. The van der Waals surface area contributed by atoms with E-state index in [9.17, 15) is 9.18 Å². The van der Waals surface area contributed by atoms with E-state index in [2.05, 4.69) is 25.3 Å². The van der Waals surface area contributed by atoms with E-state index in [1.807, 2.05) is 48.7 Å². The minimum atomic E-state index is -0.372. The monoisotopic (exact) mass is 507 g/mol. The quantitative estimate of drug-likeness (QED) is 0.283. The maximum atomic E-state index is 14.6. The number of hydrogen-bond donors (Lipinski definition) is 2. The Labute approximate surface area is 214 Å². The minimum Gasteiger partial charge on any atom is -0.496 e. The highest BCUT2D eigenvalue weighted by molar-refractivity contribution is 5.88. The number of hydrogen-bond acceptors (Lipinski definition) is 8.